The van der Waals surface area contributed by atoms with Crippen molar-refractivity contribution in [3.05, 3.63) is 23.2 Å². The first kappa shape index (κ1) is 17.7. The van der Waals surface area contributed by atoms with Crippen molar-refractivity contribution in [3.63, 3.8) is 0 Å². The topological polar surface area (TPSA) is 97.5 Å². The highest BCUT2D eigenvalue weighted by Crippen LogP contribution is 2.33. The maximum atomic E-state index is 12.4. The van der Waals surface area contributed by atoms with Gasteiger partial charge < -0.3 is 14.7 Å². The Morgan fingerprint density at radius 3 is 1.64 bits per heavy atom. The van der Waals surface area contributed by atoms with Crippen LogP contribution in [0.4, 0.5) is 13.2 Å². The van der Waals surface area contributed by atoms with Gasteiger partial charge in [-0.25, -0.2) is 0 Å². The zero-order chi connectivity index (χ0) is 18.6. The number of alkyl halides is 3. The number of rotatable bonds is 3. The number of allylic oxidation sites excluding steroid dienone is 1. The van der Waals surface area contributed by atoms with Crippen molar-refractivity contribution in [1.82, 2.24) is 14.7 Å². The number of nitrogens with zero attached hydrogens (tertiary/aromatic N) is 3. The summed E-state index contributed by atoms with van der Waals surface area (Å²) in [6.45, 7) is 5.41. The first-order valence-corrected chi connectivity index (χ1v) is 8.78. The van der Waals surface area contributed by atoms with Gasteiger partial charge in [-0.05, 0) is 0 Å². The third-order valence-electron chi connectivity index (χ3n) is 3.78. The van der Waals surface area contributed by atoms with E-state index in [0.29, 0.717) is 17.1 Å². The van der Waals surface area contributed by atoms with Crippen LogP contribution in [0.2, 0.25) is 0 Å². The second-order valence-corrected chi connectivity index (χ2v) is 7.22. The molecule has 138 valence electrons. The Bertz CT molecular complexity index is 790. The van der Waals surface area contributed by atoms with Crippen molar-refractivity contribution in [3.8, 4) is 0 Å². The summed E-state index contributed by atoms with van der Waals surface area (Å²) in [4.78, 5) is 30.5. The molecule has 3 aliphatic heterocycles. The molecule has 1 aliphatic carbocycles. The number of ketones is 2. The van der Waals surface area contributed by atoms with Gasteiger partial charge >= 0.3 is 15.6 Å². The van der Waals surface area contributed by atoms with Crippen LogP contribution in [0.15, 0.2) is 23.2 Å². The summed E-state index contributed by atoms with van der Waals surface area (Å²) < 4.78 is 57.5. The average molecular weight is 381 g/mol. The number of hydrogen-bond donors (Lipinski definition) is 1. The van der Waals surface area contributed by atoms with Crippen molar-refractivity contribution in [2.45, 2.75) is 5.51 Å². The molecule has 0 spiro atoms. The molecule has 3 saturated heterocycles. The number of halogens is 3. The van der Waals surface area contributed by atoms with Crippen LogP contribution in [-0.2, 0) is 19.7 Å². The van der Waals surface area contributed by atoms with E-state index in [1.807, 2.05) is 14.7 Å². The molecule has 25 heavy (non-hydrogen) atoms. The van der Waals surface area contributed by atoms with Crippen LogP contribution < -0.4 is 0 Å². The lowest BCUT2D eigenvalue weighted by atomic mass is 10.0. The SMILES string of the molecule is O=C1C=C(N2CC2)C(=O)C(N2CC2)=C1N1CC1.O=S(=O)(O)C(F)(F)F. The molecule has 4 aliphatic rings. The Labute approximate surface area is 140 Å². The molecule has 3 heterocycles. The summed E-state index contributed by atoms with van der Waals surface area (Å²) >= 11 is 0. The number of carbonyl (C=O) groups excluding carboxylic acids is 2. The predicted octanol–water partition coefficient (Wildman–Crippen LogP) is -0.425. The number of hydrogen-bond acceptors (Lipinski definition) is 7. The Hall–Kier alpha value is -2.08. The molecule has 12 heteroatoms. The van der Waals surface area contributed by atoms with Crippen LogP contribution in [0, 0.1) is 0 Å². The van der Waals surface area contributed by atoms with E-state index >= 15 is 0 Å². The van der Waals surface area contributed by atoms with Gasteiger partial charge in [0.2, 0.25) is 11.6 Å². The first-order chi connectivity index (χ1) is 11.5. The lowest BCUT2D eigenvalue weighted by molar-refractivity contribution is -0.117. The van der Waals surface area contributed by atoms with E-state index in [2.05, 4.69) is 0 Å². The monoisotopic (exact) mass is 381 g/mol. The van der Waals surface area contributed by atoms with E-state index in [1.165, 1.54) is 6.08 Å². The van der Waals surface area contributed by atoms with Crippen LogP contribution in [0.5, 0.6) is 0 Å². The summed E-state index contributed by atoms with van der Waals surface area (Å²) in [6.07, 6.45) is 1.52. The van der Waals surface area contributed by atoms with Crippen molar-refractivity contribution in [1.29, 1.82) is 0 Å². The molecule has 0 amide bonds. The maximum Gasteiger partial charge on any atom is 0.522 e. The molecule has 1 N–H and O–H groups in total. The molecular formula is C13H14F3N3O5S. The largest absolute Gasteiger partial charge is 0.522 e. The molecule has 0 atom stereocenters. The molecule has 0 unspecified atom stereocenters. The summed E-state index contributed by atoms with van der Waals surface area (Å²) in [5.41, 5.74) is -3.65. The van der Waals surface area contributed by atoms with E-state index in [9.17, 15) is 22.8 Å². The summed E-state index contributed by atoms with van der Waals surface area (Å²) in [6, 6.07) is 0. The minimum absolute atomic E-state index is 0.00546. The zero-order valence-corrected chi connectivity index (χ0v) is 13.6. The lowest BCUT2D eigenvalue weighted by Crippen LogP contribution is -2.29. The van der Waals surface area contributed by atoms with Gasteiger partial charge in [-0.1, -0.05) is 0 Å². The second kappa shape index (κ2) is 5.73. The zero-order valence-electron chi connectivity index (χ0n) is 12.8. The van der Waals surface area contributed by atoms with Gasteiger partial charge in [0.25, 0.3) is 0 Å². The maximum absolute atomic E-state index is 12.4. The van der Waals surface area contributed by atoms with Crippen molar-refractivity contribution in [2.75, 3.05) is 39.3 Å². The van der Waals surface area contributed by atoms with Crippen molar-refractivity contribution in [2.24, 2.45) is 0 Å². The van der Waals surface area contributed by atoms with Crippen LogP contribution in [0.3, 0.4) is 0 Å². The standard InChI is InChI=1S/C12H13N3O2.CHF3O3S/c16-9-7-8(13-1-2-13)12(17)11(15-5-6-15)10(9)14-3-4-14;2-1(3,4)8(5,6)7/h7H,1-6H2;(H,5,6,7). The van der Waals surface area contributed by atoms with E-state index < -0.39 is 15.6 Å². The highest BCUT2D eigenvalue weighted by molar-refractivity contribution is 7.86. The fraction of sp³-hybridized carbons (Fsp3) is 0.538. The fourth-order valence-corrected chi connectivity index (χ4v) is 2.28. The van der Waals surface area contributed by atoms with Gasteiger partial charge in [0.15, 0.2) is 0 Å². The van der Waals surface area contributed by atoms with Crippen LogP contribution in [-0.4, -0.2) is 84.0 Å². The minimum Gasteiger partial charge on any atom is -0.365 e. The molecule has 0 aromatic carbocycles. The molecular weight excluding hydrogens is 367 g/mol. The van der Waals surface area contributed by atoms with Crippen molar-refractivity contribution < 1.29 is 35.7 Å². The quantitative estimate of drug-likeness (QED) is 0.305. The van der Waals surface area contributed by atoms with Crippen LogP contribution in [0.1, 0.15) is 0 Å². The minimum atomic E-state index is -5.84. The Balaban J connectivity index is 0.000000197. The van der Waals surface area contributed by atoms with Gasteiger partial charge in [-0.15, -0.1) is 0 Å². The summed E-state index contributed by atoms with van der Waals surface area (Å²) in [5, 5.41) is 0. The average Bonchev–Trinajstić information content (AvgIpc) is 3.35. The van der Waals surface area contributed by atoms with E-state index in [1.54, 1.807) is 0 Å². The Morgan fingerprint density at radius 2 is 1.28 bits per heavy atom. The molecule has 8 nitrogen and oxygen atoms in total. The molecule has 0 aromatic rings. The molecule has 0 aromatic heterocycles. The van der Waals surface area contributed by atoms with Crippen LogP contribution in [0.25, 0.3) is 0 Å². The van der Waals surface area contributed by atoms with Crippen LogP contribution >= 0.6 is 0 Å². The van der Waals surface area contributed by atoms with Gasteiger partial charge in [0, 0.05) is 45.3 Å². The van der Waals surface area contributed by atoms with Gasteiger partial charge in [-0.3, -0.25) is 14.1 Å². The fourth-order valence-electron chi connectivity index (χ4n) is 2.28. The number of Topliss-reactive ketones (excluding diaryl/α,β-unsaturated/α-hetero) is 1. The lowest BCUT2D eigenvalue weighted by Gasteiger charge is -2.21. The summed E-state index contributed by atoms with van der Waals surface area (Å²) in [5.74, 6) is 0.0485. The predicted molar refractivity (Wildman–Crippen MR) is 77.4 cm³/mol. The highest BCUT2D eigenvalue weighted by Gasteiger charge is 2.44. The van der Waals surface area contributed by atoms with Gasteiger partial charge in [0.1, 0.15) is 11.4 Å². The van der Waals surface area contributed by atoms with Gasteiger partial charge in [0.05, 0.1) is 5.70 Å². The molecule has 0 bridgehead atoms. The second-order valence-electron chi connectivity index (χ2n) is 5.80. The van der Waals surface area contributed by atoms with E-state index in [0.717, 1.165) is 39.3 Å². The smallest absolute Gasteiger partial charge is 0.365 e. The van der Waals surface area contributed by atoms with Crippen molar-refractivity contribution >= 4 is 21.7 Å². The third-order valence-corrected chi connectivity index (χ3v) is 4.37. The first-order valence-electron chi connectivity index (χ1n) is 7.34. The molecule has 4 rings (SSSR count). The summed E-state index contributed by atoms with van der Waals surface area (Å²) in [7, 11) is -5.84. The molecule has 3 fully saturated rings. The number of carbonyl (C=O) groups is 2. The third kappa shape index (κ3) is 3.79. The highest BCUT2D eigenvalue weighted by atomic mass is 32.2. The normalized spacial score (nSPS) is 22.6. The van der Waals surface area contributed by atoms with Gasteiger partial charge in [-0.2, -0.15) is 21.6 Å². The Morgan fingerprint density at radius 1 is 0.880 bits per heavy atom. The van der Waals surface area contributed by atoms with E-state index in [4.69, 9.17) is 13.0 Å². The Kier molecular flexibility index (Phi) is 4.06. The molecule has 0 radical (unpaired) electrons. The molecule has 0 saturated carbocycles. The van der Waals surface area contributed by atoms with E-state index in [-0.39, 0.29) is 11.6 Å².